The highest BCUT2D eigenvalue weighted by molar-refractivity contribution is 5.82. The van der Waals surface area contributed by atoms with Gasteiger partial charge in [-0.05, 0) is 31.2 Å². The van der Waals surface area contributed by atoms with Crippen molar-refractivity contribution < 1.29 is 4.79 Å². The summed E-state index contributed by atoms with van der Waals surface area (Å²) in [4.78, 5) is 11.8. The fraction of sp³-hybridized carbons (Fsp3) is 0.909. The molecular formula is C11H20N2O. The number of carbonyl (C=O) groups excluding carboxylic acids is 1. The lowest BCUT2D eigenvalue weighted by Crippen LogP contribution is -2.47. The minimum atomic E-state index is 0.0696. The number of hydrogen-bond donors (Lipinski definition) is 2. The highest BCUT2D eigenvalue weighted by Crippen LogP contribution is 2.44. The molecule has 1 saturated heterocycles. The molecule has 0 spiro atoms. The minimum Gasteiger partial charge on any atom is -0.351 e. The Balaban J connectivity index is 1.78. The number of nitrogens with one attached hydrogen (secondary N) is 2. The summed E-state index contributed by atoms with van der Waals surface area (Å²) in [6, 6.07) is 0.485. The van der Waals surface area contributed by atoms with Gasteiger partial charge in [-0.15, -0.1) is 0 Å². The number of piperidine rings is 1. The van der Waals surface area contributed by atoms with Crippen molar-refractivity contribution in [3.63, 3.8) is 0 Å². The molecule has 80 valence electrons. The summed E-state index contributed by atoms with van der Waals surface area (Å²) in [5.41, 5.74) is 0.338. The third-order valence-corrected chi connectivity index (χ3v) is 3.46. The van der Waals surface area contributed by atoms with Gasteiger partial charge in [0.25, 0.3) is 0 Å². The van der Waals surface area contributed by atoms with Crippen LogP contribution in [0.1, 0.15) is 39.5 Å². The quantitative estimate of drug-likeness (QED) is 0.693. The summed E-state index contributed by atoms with van der Waals surface area (Å²) in [6.07, 6.45) is 4.52. The molecule has 2 rings (SSSR count). The van der Waals surface area contributed by atoms with Crippen LogP contribution in [0.2, 0.25) is 0 Å². The zero-order valence-electron chi connectivity index (χ0n) is 9.10. The second-order valence-corrected chi connectivity index (χ2v) is 5.26. The van der Waals surface area contributed by atoms with Crippen molar-refractivity contribution in [2.45, 2.75) is 51.6 Å². The predicted octanol–water partition coefficient (Wildman–Crippen LogP) is 1.04. The summed E-state index contributed by atoms with van der Waals surface area (Å²) in [7, 11) is 0. The van der Waals surface area contributed by atoms with Crippen LogP contribution in [-0.4, -0.2) is 24.5 Å². The van der Waals surface area contributed by atoms with Gasteiger partial charge in [-0.3, -0.25) is 4.79 Å². The lowest BCUT2D eigenvalue weighted by atomic mass is 10.0. The standard InChI is InChI=1S/C11H20N2O/c1-11(2)7-9(11)13-10(14)8-5-3-4-6-12-8/h8-9,12H,3-7H2,1-2H3,(H,13,14)/t8-,9?/m0/s1. The fourth-order valence-electron chi connectivity index (χ4n) is 2.06. The molecule has 2 fully saturated rings. The number of rotatable bonds is 2. The van der Waals surface area contributed by atoms with E-state index in [-0.39, 0.29) is 11.9 Å². The molecule has 1 saturated carbocycles. The molecule has 2 aliphatic rings. The molecule has 0 aromatic carbocycles. The third-order valence-electron chi connectivity index (χ3n) is 3.46. The fourth-order valence-corrected chi connectivity index (χ4v) is 2.06. The molecule has 1 aliphatic carbocycles. The Morgan fingerprint density at radius 2 is 2.14 bits per heavy atom. The molecule has 3 nitrogen and oxygen atoms in total. The van der Waals surface area contributed by atoms with Crippen LogP contribution in [0.5, 0.6) is 0 Å². The van der Waals surface area contributed by atoms with E-state index >= 15 is 0 Å². The van der Waals surface area contributed by atoms with E-state index in [4.69, 9.17) is 0 Å². The van der Waals surface area contributed by atoms with Crippen molar-refractivity contribution in [1.29, 1.82) is 0 Å². The Morgan fingerprint density at radius 1 is 1.43 bits per heavy atom. The molecule has 0 aromatic heterocycles. The molecule has 0 radical (unpaired) electrons. The van der Waals surface area contributed by atoms with E-state index in [0.717, 1.165) is 19.4 Å². The maximum absolute atomic E-state index is 11.8. The van der Waals surface area contributed by atoms with Gasteiger partial charge in [-0.2, -0.15) is 0 Å². The van der Waals surface area contributed by atoms with Gasteiger partial charge in [0.2, 0.25) is 5.91 Å². The summed E-state index contributed by atoms with van der Waals surface area (Å²) < 4.78 is 0. The molecule has 1 unspecified atom stereocenters. The SMILES string of the molecule is CC1(C)CC1NC(=O)[C@@H]1CCCCN1. The monoisotopic (exact) mass is 196 g/mol. The Hall–Kier alpha value is -0.570. The van der Waals surface area contributed by atoms with Gasteiger partial charge in [0, 0.05) is 6.04 Å². The largest absolute Gasteiger partial charge is 0.351 e. The molecule has 1 amide bonds. The second kappa shape index (κ2) is 3.54. The van der Waals surface area contributed by atoms with Crippen LogP contribution in [0.25, 0.3) is 0 Å². The van der Waals surface area contributed by atoms with Crippen molar-refractivity contribution >= 4 is 5.91 Å². The highest BCUT2D eigenvalue weighted by atomic mass is 16.2. The van der Waals surface area contributed by atoms with Crippen LogP contribution in [0.15, 0.2) is 0 Å². The first-order valence-electron chi connectivity index (χ1n) is 5.63. The predicted molar refractivity (Wildman–Crippen MR) is 56.0 cm³/mol. The Morgan fingerprint density at radius 3 is 2.64 bits per heavy atom. The zero-order chi connectivity index (χ0) is 10.2. The van der Waals surface area contributed by atoms with Crippen molar-refractivity contribution in [3.05, 3.63) is 0 Å². The molecule has 14 heavy (non-hydrogen) atoms. The average molecular weight is 196 g/mol. The topological polar surface area (TPSA) is 41.1 Å². The normalized spacial score (nSPS) is 35.0. The zero-order valence-corrected chi connectivity index (χ0v) is 9.10. The van der Waals surface area contributed by atoms with Crippen LogP contribution >= 0.6 is 0 Å². The number of hydrogen-bond acceptors (Lipinski definition) is 2. The Labute approximate surface area is 85.6 Å². The summed E-state index contributed by atoms with van der Waals surface area (Å²) in [5, 5.41) is 6.38. The minimum absolute atomic E-state index is 0.0696. The van der Waals surface area contributed by atoms with E-state index in [1.807, 2.05) is 0 Å². The van der Waals surface area contributed by atoms with Crippen LogP contribution in [-0.2, 0) is 4.79 Å². The first kappa shape index (κ1) is 9.97. The molecule has 0 bridgehead atoms. The van der Waals surface area contributed by atoms with E-state index in [2.05, 4.69) is 24.5 Å². The Bertz CT molecular complexity index is 231. The van der Waals surface area contributed by atoms with E-state index in [1.54, 1.807) is 0 Å². The number of carbonyl (C=O) groups is 1. The van der Waals surface area contributed by atoms with Crippen molar-refractivity contribution in [1.82, 2.24) is 10.6 Å². The maximum Gasteiger partial charge on any atom is 0.237 e. The molecule has 1 heterocycles. The van der Waals surface area contributed by atoms with Gasteiger partial charge in [-0.1, -0.05) is 20.3 Å². The van der Waals surface area contributed by atoms with E-state index in [0.29, 0.717) is 11.5 Å². The maximum atomic E-state index is 11.8. The highest BCUT2D eigenvalue weighted by Gasteiger charge is 2.47. The lowest BCUT2D eigenvalue weighted by Gasteiger charge is -2.22. The molecular weight excluding hydrogens is 176 g/mol. The molecule has 2 atom stereocenters. The van der Waals surface area contributed by atoms with Crippen LogP contribution in [0.3, 0.4) is 0 Å². The van der Waals surface area contributed by atoms with Crippen molar-refractivity contribution in [2.24, 2.45) is 5.41 Å². The van der Waals surface area contributed by atoms with Gasteiger partial charge < -0.3 is 10.6 Å². The first-order chi connectivity index (χ1) is 6.59. The molecule has 3 heteroatoms. The van der Waals surface area contributed by atoms with Gasteiger partial charge >= 0.3 is 0 Å². The van der Waals surface area contributed by atoms with E-state index in [9.17, 15) is 4.79 Å². The van der Waals surface area contributed by atoms with E-state index in [1.165, 1.54) is 12.8 Å². The van der Waals surface area contributed by atoms with Crippen molar-refractivity contribution in [3.8, 4) is 0 Å². The smallest absolute Gasteiger partial charge is 0.237 e. The van der Waals surface area contributed by atoms with Gasteiger partial charge in [0.1, 0.15) is 0 Å². The van der Waals surface area contributed by atoms with Crippen LogP contribution in [0, 0.1) is 5.41 Å². The summed E-state index contributed by atoms with van der Waals surface area (Å²) >= 11 is 0. The van der Waals surface area contributed by atoms with Gasteiger partial charge in [-0.25, -0.2) is 0 Å². The average Bonchev–Trinajstić information content (AvgIpc) is 2.75. The van der Waals surface area contributed by atoms with Crippen LogP contribution < -0.4 is 10.6 Å². The van der Waals surface area contributed by atoms with E-state index < -0.39 is 0 Å². The molecule has 0 aromatic rings. The summed E-state index contributed by atoms with van der Waals surface area (Å²) in [5.74, 6) is 0.209. The third kappa shape index (κ3) is 2.08. The second-order valence-electron chi connectivity index (χ2n) is 5.26. The first-order valence-corrected chi connectivity index (χ1v) is 5.63. The number of amides is 1. The van der Waals surface area contributed by atoms with Crippen LogP contribution in [0.4, 0.5) is 0 Å². The molecule has 2 N–H and O–H groups in total. The lowest BCUT2D eigenvalue weighted by molar-refractivity contribution is -0.124. The Kier molecular flexibility index (Phi) is 2.52. The van der Waals surface area contributed by atoms with Gasteiger partial charge in [0.05, 0.1) is 6.04 Å². The summed E-state index contributed by atoms with van der Waals surface area (Å²) in [6.45, 7) is 5.39. The van der Waals surface area contributed by atoms with Gasteiger partial charge in [0.15, 0.2) is 0 Å². The molecule has 1 aliphatic heterocycles. The van der Waals surface area contributed by atoms with Crippen molar-refractivity contribution in [2.75, 3.05) is 6.54 Å².